The van der Waals surface area contributed by atoms with Crippen molar-refractivity contribution in [2.75, 3.05) is 6.54 Å². The van der Waals surface area contributed by atoms with Crippen molar-refractivity contribution in [2.24, 2.45) is 7.05 Å². The van der Waals surface area contributed by atoms with E-state index in [0.29, 0.717) is 17.7 Å². The van der Waals surface area contributed by atoms with Crippen molar-refractivity contribution in [2.45, 2.75) is 26.7 Å². The van der Waals surface area contributed by atoms with Crippen LogP contribution in [0.5, 0.6) is 0 Å². The largest absolute Gasteiger partial charge is 0.481 e. The smallest absolute Gasteiger partial charge is 0.303 e. The third-order valence-corrected chi connectivity index (χ3v) is 2.81. The molecule has 0 aliphatic carbocycles. The van der Waals surface area contributed by atoms with E-state index in [9.17, 15) is 14.4 Å². The zero-order chi connectivity index (χ0) is 14.6. The quantitative estimate of drug-likeness (QED) is 0.731. The minimum atomic E-state index is -0.916. The molecule has 1 rings (SSSR count). The van der Waals surface area contributed by atoms with Gasteiger partial charge in [0.05, 0.1) is 5.69 Å². The van der Waals surface area contributed by atoms with E-state index in [2.05, 4.69) is 10.4 Å². The summed E-state index contributed by atoms with van der Waals surface area (Å²) in [5.41, 5.74) is 0.751. The van der Waals surface area contributed by atoms with E-state index >= 15 is 0 Å². The zero-order valence-corrected chi connectivity index (χ0v) is 11.2. The normalized spacial score (nSPS) is 10.3. The number of rotatable bonds is 5. The van der Waals surface area contributed by atoms with Crippen molar-refractivity contribution < 1.29 is 14.7 Å². The molecule has 0 aliphatic rings. The maximum absolute atomic E-state index is 11.9. The fourth-order valence-electron chi connectivity index (χ4n) is 1.65. The van der Waals surface area contributed by atoms with Gasteiger partial charge in [-0.3, -0.25) is 14.4 Å². The van der Waals surface area contributed by atoms with Gasteiger partial charge in [-0.25, -0.2) is 4.68 Å². The first-order valence-electron chi connectivity index (χ1n) is 5.89. The summed E-state index contributed by atoms with van der Waals surface area (Å²) in [6.45, 7) is 3.60. The fourth-order valence-corrected chi connectivity index (χ4v) is 1.65. The van der Waals surface area contributed by atoms with E-state index in [1.54, 1.807) is 13.8 Å². The summed E-state index contributed by atoms with van der Waals surface area (Å²) in [4.78, 5) is 34.1. The first kappa shape index (κ1) is 14.9. The lowest BCUT2D eigenvalue weighted by Gasteiger charge is -2.09. The minimum absolute atomic E-state index is 0.0212. The van der Waals surface area contributed by atoms with E-state index in [-0.39, 0.29) is 18.5 Å². The summed E-state index contributed by atoms with van der Waals surface area (Å²) < 4.78 is 1.12. The summed E-state index contributed by atoms with van der Waals surface area (Å²) in [6, 6.07) is 0. The van der Waals surface area contributed by atoms with Crippen molar-refractivity contribution in [3.05, 3.63) is 27.2 Å². The Balaban J connectivity index is 2.83. The van der Waals surface area contributed by atoms with Gasteiger partial charge in [-0.2, -0.15) is 5.10 Å². The molecule has 0 saturated carbocycles. The molecule has 0 radical (unpaired) electrons. The van der Waals surface area contributed by atoms with Crippen LogP contribution in [0.4, 0.5) is 0 Å². The summed E-state index contributed by atoms with van der Waals surface area (Å²) in [5.74, 6) is -1.41. The highest BCUT2D eigenvalue weighted by atomic mass is 16.4. The molecule has 0 saturated heterocycles. The molecule has 1 amide bonds. The molecule has 0 fully saturated rings. The average molecular weight is 267 g/mol. The first-order valence-corrected chi connectivity index (χ1v) is 5.89. The Morgan fingerprint density at radius 1 is 1.37 bits per heavy atom. The third-order valence-electron chi connectivity index (χ3n) is 2.81. The van der Waals surface area contributed by atoms with Crippen LogP contribution in [0.2, 0.25) is 0 Å². The lowest BCUT2D eigenvalue weighted by molar-refractivity contribution is -0.137. The maximum atomic E-state index is 11.9. The van der Waals surface area contributed by atoms with Crippen LogP contribution < -0.4 is 10.9 Å². The summed E-state index contributed by atoms with van der Waals surface area (Å²) in [6.07, 6.45) is 0.303. The second-order valence-electron chi connectivity index (χ2n) is 4.27. The van der Waals surface area contributed by atoms with Crippen molar-refractivity contribution in [1.82, 2.24) is 15.1 Å². The number of carboxylic acids is 1. The maximum Gasteiger partial charge on any atom is 0.303 e. The number of aliphatic carboxylic acids is 1. The van der Waals surface area contributed by atoms with Crippen molar-refractivity contribution in [3.8, 4) is 0 Å². The molecule has 2 N–H and O–H groups in total. The molecular formula is C12H17N3O4. The molecular weight excluding hydrogens is 250 g/mol. The van der Waals surface area contributed by atoms with Gasteiger partial charge in [0.1, 0.15) is 5.56 Å². The highest BCUT2D eigenvalue weighted by molar-refractivity contribution is 5.95. The lowest BCUT2D eigenvalue weighted by atomic mass is 10.1. The SMILES string of the molecule is Cc1nn(C)c(=O)c(C(=O)NCCCC(=O)O)c1C. The van der Waals surface area contributed by atoms with E-state index < -0.39 is 17.4 Å². The van der Waals surface area contributed by atoms with Gasteiger partial charge in [-0.15, -0.1) is 0 Å². The number of carboxylic acid groups (broad SMARTS) is 1. The Hall–Kier alpha value is -2.18. The Bertz CT molecular complexity index is 563. The van der Waals surface area contributed by atoms with Crippen LogP contribution in [-0.2, 0) is 11.8 Å². The molecule has 0 spiro atoms. The van der Waals surface area contributed by atoms with E-state index in [1.165, 1.54) is 7.05 Å². The highest BCUT2D eigenvalue weighted by Crippen LogP contribution is 2.05. The summed E-state index contributed by atoms with van der Waals surface area (Å²) >= 11 is 0. The number of carbonyl (C=O) groups is 2. The van der Waals surface area contributed by atoms with Crippen molar-refractivity contribution >= 4 is 11.9 Å². The number of aromatic nitrogens is 2. The van der Waals surface area contributed by atoms with Gasteiger partial charge in [0.2, 0.25) is 0 Å². The number of carbonyl (C=O) groups excluding carboxylic acids is 1. The molecule has 104 valence electrons. The number of nitrogens with zero attached hydrogens (tertiary/aromatic N) is 2. The Labute approximate surface area is 110 Å². The fraction of sp³-hybridized carbons (Fsp3) is 0.500. The van der Waals surface area contributed by atoms with E-state index in [1.807, 2.05) is 0 Å². The molecule has 0 bridgehead atoms. The zero-order valence-electron chi connectivity index (χ0n) is 11.2. The molecule has 0 atom stereocenters. The van der Waals surface area contributed by atoms with Gasteiger partial charge in [0.15, 0.2) is 0 Å². The van der Waals surface area contributed by atoms with Crippen molar-refractivity contribution in [1.29, 1.82) is 0 Å². The van der Waals surface area contributed by atoms with Crippen LogP contribution in [0.3, 0.4) is 0 Å². The number of nitrogens with one attached hydrogen (secondary N) is 1. The van der Waals surface area contributed by atoms with Gasteiger partial charge >= 0.3 is 5.97 Å². The molecule has 1 aromatic rings. The van der Waals surface area contributed by atoms with Gasteiger partial charge in [-0.1, -0.05) is 0 Å². The monoisotopic (exact) mass is 267 g/mol. The number of aryl methyl sites for hydroxylation is 2. The second-order valence-corrected chi connectivity index (χ2v) is 4.27. The van der Waals surface area contributed by atoms with E-state index in [4.69, 9.17) is 5.11 Å². The van der Waals surface area contributed by atoms with Gasteiger partial charge < -0.3 is 10.4 Å². The predicted molar refractivity (Wildman–Crippen MR) is 68.2 cm³/mol. The standard InChI is InChI=1S/C12H17N3O4/c1-7-8(2)14-15(3)12(19)10(7)11(18)13-6-4-5-9(16)17/h4-6H2,1-3H3,(H,13,18)(H,16,17). The van der Waals surface area contributed by atoms with Gasteiger partial charge in [0.25, 0.3) is 11.5 Å². The van der Waals surface area contributed by atoms with Crippen LogP contribution in [-0.4, -0.2) is 33.3 Å². The van der Waals surface area contributed by atoms with Crippen LogP contribution >= 0.6 is 0 Å². The van der Waals surface area contributed by atoms with Crippen LogP contribution in [0.1, 0.15) is 34.5 Å². The lowest BCUT2D eigenvalue weighted by Crippen LogP contribution is -2.35. The molecule has 0 unspecified atom stereocenters. The number of hydrogen-bond acceptors (Lipinski definition) is 4. The van der Waals surface area contributed by atoms with Crippen LogP contribution in [0, 0.1) is 13.8 Å². The second kappa shape index (κ2) is 6.12. The van der Waals surface area contributed by atoms with Gasteiger partial charge in [-0.05, 0) is 25.8 Å². The Kier molecular flexibility index (Phi) is 4.80. The van der Waals surface area contributed by atoms with Gasteiger partial charge in [0, 0.05) is 20.0 Å². The topological polar surface area (TPSA) is 101 Å². The number of amides is 1. The van der Waals surface area contributed by atoms with Crippen molar-refractivity contribution in [3.63, 3.8) is 0 Å². The molecule has 0 aliphatic heterocycles. The predicted octanol–water partition coefficient (Wildman–Crippen LogP) is -0.00826. The number of hydrogen-bond donors (Lipinski definition) is 2. The van der Waals surface area contributed by atoms with E-state index in [0.717, 1.165) is 4.68 Å². The Morgan fingerprint density at radius 2 is 2.00 bits per heavy atom. The molecule has 1 heterocycles. The Morgan fingerprint density at radius 3 is 2.58 bits per heavy atom. The molecule has 7 heteroatoms. The summed E-state index contributed by atoms with van der Waals surface area (Å²) in [7, 11) is 1.48. The first-order chi connectivity index (χ1) is 8.84. The summed E-state index contributed by atoms with van der Waals surface area (Å²) in [5, 5.41) is 15.0. The average Bonchev–Trinajstić information content (AvgIpc) is 2.32. The highest BCUT2D eigenvalue weighted by Gasteiger charge is 2.17. The molecule has 19 heavy (non-hydrogen) atoms. The third kappa shape index (κ3) is 3.64. The molecule has 0 aromatic carbocycles. The van der Waals surface area contributed by atoms with Crippen LogP contribution in [0.25, 0.3) is 0 Å². The van der Waals surface area contributed by atoms with Crippen LogP contribution in [0.15, 0.2) is 4.79 Å². The molecule has 1 aromatic heterocycles. The molecule has 7 nitrogen and oxygen atoms in total. The minimum Gasteiger partial charge on any atom is -0.481 e.